The minimum atomic E-state index is 0.780. The van der Waals surface area contributed by atoms with E-state index >= 15 is 0 Å². The third-order valence-corrected chi connectivity index (χ3v) is 5.67. The first-order chi connectivity index (χ1) is 8.85. The Morgan fingerprint density at radius 2 is 2.06 bits per heavy atom. The number of rotatable bonds is 5. The molecule has 1 atom stereocenters. The molecule has 0 N–H and O–H groups in total. The van der Waals surface area contributed by atoms with E-state index in [4.69, 9.17) is 0 Å². The van der Waals surface area contributed by atoms with E-state index in [1.165, 1.54) is 50.2 Å². The van der Waals surface area contributed by atoms with E-state index in [1.54, 1.807) is 5.56 Å². The molecule has 2 heteroatoms. The van der Waals surface area contributed by atoms with Crippen molar-refractivity contribution in [2.45, 2.75) is 42.8 Å². The van der Waals surface area contributed by atoms with Gasteiger partial charge in [0.2, 0.25) is 0 Å². The Hall–Kier alpha value is -0.470. The Morgan fingerprint density at radius 3 is 2.72 bits per heavy atom. The quantitative estimate of drug-likeness (QED) is 0.792. The predicted octanol–water partition coefficient (Wildman–Crippen LogP) is 3.83. The van der Waals surface area contributed by atoms with Crippen LogP contribution in [0.3, 0.4) is 0 Å². The van der Waals surface area contributed by atoms with Crippen molar-refractivity contribution in [3.63, 3.8) is 0 Å². The zero-order valence-electron chi connectivity index (χ0n) is 11.3. The van der Waals surface area contributed by atoms with Crippen LogP contribution in [0.5, 0.6) is 0 Å². The second-order valence-electron chi connectivity index (χ2n) is 5.70. The third kappa shape index (κ3) is 2.75. The maximum atomic E-state index is 2.67. The first-order valence-corrected chi connectivity index (χ1v) is 8.20. The average Bonchev–Trinajstić information content (AvgIpc) is 2.74. The molecule has 1 unspecified atom stereocenters. The van der Waals surface area contributed by atoms with Gasteiger partial charge in [0.25, 0.3) is 0 Å². The van der Waals surface area contributed by atoms with Crippen molar-refractivity contribution < 1.29 is 0 Å². The molecule has 0 amide bonds. The molecule has 0 radical (unpaired) electrons. The highest BCUT2D eigenvalue weighted by molar-refractivity contribution is 8.00. The van der Waals surface area contributed by atoms with E-state index < -0.39 is 0 Å². The van der Waals surface area contributed by atoms with E-state index in [-0.39, 0.29) is 0 Å². The molecule has 1 saturated carbocycles. The molecular weight excluding hydrogens is 238 g/mol. The van der Waals surface area contributed by atoms with Crippen LogP contribution in [-0.2, 0) is 6.42 Å². The van der Waals surface area contributed by atoms with Crippen molar-refractivity contribution in [3.8, 4) is 0 Å². The summed E-state index contributed by atoms with van der Waals surface area (Å²) in [6.07, 6.45) is 5.66. The van der Waals surface area contributed by atoms with E-state index in [0.717, 1.165) is 11.2 Å². The Labute approximate surface area is 115 Å². The SMILES string of the molecule is CCN(CC1CCC1)CC1Cc2ccccc2S1. The molecule has 3 rings (SSSR count). The number of thioether (sulfide) groups is 1. The van der Waals surface area contributed by atoms with E-state index in [1.807, 2.05) is 0 Å². The van der Waals surface area contributed by atoms with Crippen molar-refractivity contribution >= 4 is 11.8 Å². The molecule has 1 fully saturated rings. The molecule has 0 spiro atoms. The Kier molecular flexibility index (Phi) is 3.95. The van der Waals surface area contributed by atoms with Gasteiger partial charge in [-0.2, -0.15) is 0 Å². The van der Waals surface area contributed by atoms with Crippen molar-refractivity contribution in [2.24, 2.45) is 5.92 Å². The lowest BCUT2D eigenvalue weighted by molar-refractivity contribution is 0.185. The maximum absolute atomic E-state index is 2.67. The fourth-order valence-corrected chi connectivity index (χ4v) is 4.38. The minimum Gasteiger partial charge on any atom is -0.302 e. The van der Waals surface area contributed by atoms with Crippen molar-refractivity contribution in [1.29, 1.82) is 0 Å². The van der Waals surface area contributed by atoms with Gasteiger partial charge in [0, 0.05) is 23.2 Å². The fourth-order valence-electron chi connectivity index (χ4n) is 3.02. The first-order valence-electron chi connectivity index (χ1n) is 7.32. The van der Waals surface area contributed by atoms with Gasteiger partial charge in [-0.05, 0) is 43.4 Å². The number of benzene rings is 1. The molecule has 18 heavy (non-hydrogen) atoms. The first kappa shape index (κ1) is 12.6. The van der Waals surface area contributed by atoms with E-state index in [0.29, 0.717) is 0 Å². The standard InChI is InChI=1S/C16H23NS/c1-2-17(11-13-6-5-7-13)12-15-10-14-8-3-4-9-16(14)18-15/h3-4,8-9,13,15H,2,5-7,10-12H2,1H3. The van der Waals surface area contributed by atoms with Crippen molar-refractivity contribution in [2.75, 3.05) is 19.6 Å². The topological polar surface area (TPSA) is 3.24 Å². The van der Waals surface area contributed by atoms with Crippen LogP contribution in [0.1, 0.15) is 31.7 Å². The summed E-state index contributed by atoms with van der Waals surface area (Å²) in [6, 6.07) is 8.92. The fraction of sp³-hybridized carbons (Fsp3) is 0.625. The van der Waals surface area contributed by atoms with E-state index in [2.05, 4.69) is 47.9 Å². The van der Waals surface area contributed by atoms with Crippen LogP contribution in [0.25, 0.3) is 0 Å². The summed E-state index contributed by atoms with van der Waals surface area (Å²) >= 11 is 2.09. The summed E-state index contributed by atoms with van der Waals surface area (Å²) in [5.74, 6) is 0.999. The monoisotopic (exact) mass is 261 g/mol. The molecule has 98 valence electrons. The largest absolute Gasteiger partial charge is 0.302 e. The summed E-state index contributed by atoms with van der Waals surface area (Å²) in [6.45, 7) is 6.13. The molecule has 1 heterocycles. The summed E-state index contributed by atoms with van der Waals surface area (Å²) in [7, 11) is 0. The summed E-state index contributed by atoms with van der Waals surface area (Å²) in [4.78, 5) is 4.19. The lowest BCUT2D eigenvalue weighted by Gasteiger charge is -2.32. The highest BCUT2D eigenvalue weighted by Crippen LogP contribution is 2.37. The molecule has 2 aliphatic rings. The van der Waals surface area contributed by atoms with Gasteiger partial charge in [-0.15, -0.1) is 11.8 Å². The van der Waals surface area contributed by atoms with Crippen LogP contribution >= 0.6 is 11.8 Å². The van der Waals surface area contributed by atoms with Crippen LogP contribution in [-0.4, -0.2) is 29.8 Å². The number of fused-ring (bicyclic) bond motifs is 1. The lowest BCUT2D eigenvalue weighted by Crippen LogP contribution is -2.36. The normalized spacial score (nSPS) is 23.1. The third-order valence-electron chi connectivity index (χ3n) is 4.36. The average molecular weight is 261 g/mol. The Morgan fingerprint density at radius 1 is 1.22 bits per heavy atom. The van der Waals surface area contributed by atoms with Crippen LogP contribution in [0.2, 0.25) is 0 Å². The molecule has 0 aromatic heterocycles. The molecular formula is C16H23NS. The van der Waals surface area contributed by atoms with Gasteiger partial charge >= 0.3 is 0 Å². The van der Waals surface area contributed by atoms with Crippen LogP contribution in [0, 0.1) is 5.92 Å². The highest BCUT2D eigenvalue weighted by atomic mass is 32.2. The second-order valence-corrected chi connectivity index (χ2v) is 7.04. The van der Waals surface area contributed by atoms with Gasteiger partial charge in [0.1, 0.15) is 0 Å². The van der Waals surface area contributed by atoms with Crippen LogP contribution in [0.4, 0.5) is 0 Å². The smallest absolute Gasteiger partial charge is 0.0263 e. The van der Waals surface area contributed by atoms with Gasteiger partial charge < -0.3 is 4.90 Å². The zero-order valence-corrected chi connectivity index (χ0v) is 12.1. The molecule has 1 aromatic carbocycles. The Balaban J connectivity index is 1.53. The summed E-state index contributed by atoms with van der Waals surface area (Å²) in [5, 5.41) is 0.780. The van der Waals surface area contributed by atoms with Gasteiger partial charge in [-0.1, -0.05) is 31.5 Å². The van der Waals surface area contributed by atoms with Crippen LogP contribution in [0.15, 0.2) is 29.2 Å². The molecule has 1 aromatic rings. The van der Waals surface area contributed by atoms with E-state index in [9.17, 15) is 0 Å². The molecule has 1 aliphatic heterocycles. The molecule has 0 bridgehead atoms. The van der Waals surface area contributed by atoms with Crippen LogP contribution < -0.4 is 0 Å². The zero-order chi connectivity index (χ0) is 12.4. The number of hydrogen-bond acceptors (Lipinski definition) is 2. The maximum Gasteiger partial charge on any atom is 0.0263 e. The van der Waals surface area contributed by atoms with Gasteiger partial charge in [-0.25, -0.2) is 0 Å². The minimum absolute atomic E-state index is 0.780. The molecule has 0 saturated heterocycles. The number of hydrogen-bond donors (Lipinski definition) is 0. The van der Waals surface area contributed by atoms with Gasteiger partial charge in [0.05, 0.1) is 0 Å². The van der Waals surface area contributed by atoms with Crippen molar-refractivity contribution in [1.82, 2.24) is 4.90 Å². The molecule has 1 nitrogen and oxygen atoms in total. The molecule has 1 aliphatic carbocycles. The second kappa shape index (κ2) is 5.66. The van der Waals surface area contributed by atoms with Gasteiger partial charge in [-0.3, -0.25) is 0 Å². The summed E-state index contributed by atoms with van der Waals surface area (Å²) < 4.78 is 0. The van der Waals surface area contributed by atoms with Gasteiger partial charge in [0.15, 0.2) is 0 Å². The highest BCUT2D eigenvalue weighted by Gasteiger charge is 2.26. The lowest BCUT2D eigenvalue weighted by atomic mass is 9.85. The Bertz CT molecular complexity index is 375. The van der Waals surface area contributed by atoms with Crippen molar-refractivity contribution in [3.05, 3.63) is 29.8 Å². The number of nitrogens with zero attached hydrogens (tertiary/aromatic N) is 1. The predicted molar refractivity (Wildman–Crippen MR) is 79.2 cm³/mol. The summed E-state index contributed by atoms with van der Waals surface area (Å²) in [5.41, 5.74) is 1.56.